The highest BCUT2D eigenvalue weighted by Gasteiger charge is 2.31. The number of hydrogen-bond donors (Lipinski definition) is 0. The maximum Gasteiger partial charge on any atom is 0.257 e. The fraction of sp³-hybridized carbons (Fsp3) is 0.429. The first-order valence-corrected chi connectivity index (χ1v) is 6.52. The van der Waals surface area contributed by atoms with Crippen molar-refractivity contribution in [3.63, 3.8) is 0 Å². The van der Waals surface area contributed by atoms with Gasteiger partial charge in [0.05, 0.1) is 30.3 Å². The van der Waals surface area contributed by atoms with Crippen molar-refractivity contribution in [3.05, 3.63) is 41.6 Å². The third kappa shape index (κ3) is 2.12. The van der Waals surface area contributed by atoms with E-state index in [1.807, 2.05) is 22.8 Å². The Balaban J connectivity index is 1.88. The van der Waals surface area contributed by atoms with Gasteiger partial charge in [0.2, 0.25) is 0 Å². The molecule has 0 bridgehead atoms. The second-order valence-electron chi connectivity index (χ2n) is 5.03. The normalized spacial score (nSPS) is 18.1. The standard InChI is InChI=1S/C14H17N3O3/c1-16-13-11(5-15-16)6-17(7-12(13)8-19-2)14(18)10-3-4-20-9-10/h3-5,9,12H,6-8H2,1-2H3/t12-/m1/s1. The number of amides is 1. The van der Waals surface area contributed by atoms with Crippen molar-refractivity contribution in [2.75, 3.05) is 20.3 Å². The highest BCUT2D eigenvalue weighted by molar-refractivity contribution is 5.94. The summed E-state index contributed by atoms with van der Waals surface area (Å²) in [6.45, 7) is 1.78. The molecule has 0 radical (unpaired) electrons. The molecule has 2 aromatic heterocycles. The smallest absolute Gasteiger partial charge is 0.257 e. The van der Waals surface area contributed by atoms with Crippen molar-refractivity contribution < 1.29 is 13.9 Å². The lowest BCUT2D eigenvalue weighted by atomic mass is 9.96. The maximum absolute atomic E-state index is 12.4. The summed E-state index contributed by atoms with van der Waals surface area (Å²) < 4.78 is 12.1. The Morgan fingerprint density at radius 3 is 3.15 bits per heavy atom. The zero-order valence-corrected chi connectivity index (χ0v) is 11.6. The van der Waals surface area contributed by atoms with Crippen LogP contribution in [-0.2, 0) is 18.3 Å². The molecule has 3 rings (SSSR count). The van der Waals surface area contributed by atoms with Crippen molar-refractivity contribution in [2.45, 2.75) is 12.5 Å². The summed E-state index contributed by atoms with van der Waals surface area (Å²) in [6.07, 6.45) is 4.82. The molecule has 20 heavy (non-hydrogen) atoms. The average Bonchev–Trinajstić information content (AvgIpc) is 3.08. The minimum Gasteiger partial charge on any atom is -0.472 e. The molecule has 0 unspecified atom stereocenters. The van der Waals surface area contributed by atoms with Crippen LogP contribution >= 0.6 is 0 Å². The number of aryl methyl sites for hydroxylation is 1. The van der Waals surface area contributed by atoms with Gasteiger partial charge in [0, 0.05) is 38.7 Å². The summed E-state index contributed by atoms with van der Waals surface area (Å²) in [5.74, 6) is 0.126. The first kappa shape index (κ1) is 12.9. The van der Waals surface area contributed by atoms with Crippen LogP contribution in [0.4, 0.5) is 0 Å². The van der Waals surface area contributed by atoms with E-state index in [4.69, 9.17) is 9.15 Å². The Kier molecular flexibility index (Phi) is 3.31. The van der Waals surface area contributed by atoms with E-state index < -0.39 is 0 Å². The van der Waals surface area contributed by atoms with E-state index in [2.05, 4.69) is 5.10 Å². The van der Waals surface area contributed by atoms with Crippen molar-refractivity contribution in [3.8, 4) is 0 Å². The molecule has 0 N–H and O–H groups in total. The van der Waals surface area contributed by atoms with Gasteiger partial charge in [-0.2, -0.15) is 5.10 Å². The number of furan rings is 1. The number of fused-ring (bicyclic) bond motifs is 1. The van der Waals surface area contributed by atoms with Gasteiger partial charge < -0.3 is 14.1 Å². The van der Waals surface area contributed by atoms with E-state index in [0.717, 1.165) is 11.3 Å². The summed E-state index contributed by atoms with van der Waals surface area (Å²) in [5, 5.41) is 4.29. The second-order valence-corrected chi connectivity index (χ2v) is 5.03. The molecule has 1 aliphatic rings. The molecule has 0 aromatic carbocycles. The molecule has 6 nitrogen and oxygen atoms in total. The summed E-state index contributed by atoms with van der Waals surface area (Å²) >= 11 is 0. The molecular weight excluding hydrogens is 258 g/mol. The molecule has 1 amide bonds. The highest BCUT2D eigenvalue weighted by atomic mass is 16.5. The fourth-order valence-corrected chi connectivity index (χ4v) is 2.82. The number of aromatic nitrogens is 2. The van der Waals surface area contributed by atoms with Crippen molar-refractivity contribution in [1.82, 2.24) is 14.7 Å². The maximum atomic E-state index is 12.4. The Morgan fingerprint density at radius 2 is 2.45 bits per heavy atom. The number of methoxy groups -OCH3 is 1. The van der Waals surface area contributed by atoms with Gasteiger partial charge in [0.25, 0.3) is 5.91 Å². The van der Waals surface area contributed by atoms with Gasteiger partial charge in [0.15, 0.2) is 0 Å². The van der Waals surface area contributed by atoms with Crippen molar-refractivity contribution in [1.29, 1.82) is 0 Å². The lowest BCUT2D eigenvalue weighted by Crippen LogP contribution is -2.39. The molecule has 0 fully saturated rings. The predicted octanol–water partition coefficient (Wildman–Crippen LogP) is 1.40. The van der Waals surface area contributed by atoms with Gasteiger partial charge >= 0.3 is 0 Å². The van der Waals surface area contributed by atoms with Gasteiger partial charge in [-0.3, -0.25) is 9.48 Å². The topological polar surface area (TPSA) is 60.5 Å². The fourth-order valence-electron chi connectivity index (χ4n) is 2.82. The van der Waals surface area contributed by atoms with Gasteiger partial charge in [0.1, 0.15) is 6.26 Å². The molecule has 3 heterocycles. The molecule has 1 aliphatic heterocycles. The van der Waals surface area contributed by atoms with Crippen LogP contribution in [0.5, 0.6) is 0 Å². The van der Waals surface area contributed by atoms with E-state index in [-0.39, 0.29) is 11.8 Å². The Morgan fingerprint density at radius 1 is 1.60 bits per heavy atom. The van der Waals surface area contributed by atoms with Gasteiger partial charge in [-0.15, -0.1) is 0 Å². The van der Waals surface area contributed by atoms with E-state index in [1.54, 1.807) is 13.2 Å². The van der Waals surface area contributed by atoms with Crippen LogP contribution in [0.2, 0.25) is 0 Å². The van der Waals surface area contributed by atoms with Gasteiger partial charge in [-0.1, -0.05) is 0 Å². The SMILES string of the molecule is COC[C@H]1CN(C(=O)c2ccoc2)Cc2cnn(C)c21. The van der Waals surface area contributed by atoms with Crippen LogP contribution in [0.25, 0.3) is 0 Å². The lowest BCUT2D eigenvalue weighted by molar-refractivity contribution is 0.0675. The Bertz CT molecular complexity index is 603. The van der Waals surface area contributed by atoms with Gasteiger partial charge in [-0.25, -0.2) is 0 Å². The van der Waals surface area contributed by atoms with Crippen LogP contribution in [-0.4, -0.2) is 40.8 Å². The number of hydrogen-bond acceptors (Lipinski definition) is 4. The molecule has 2 aromatic rings. The number of carbonyl (C=O) groups excluding carboxylic acids is 1. The molecule has 0 aliphatic carbocycles. The Hall–Kier alpha value is -2.08. The lowest BCUT2D eigenvalue weighted by Gasteiger charge is -2.32. The van der Waals surface area contributed by atoms with E-state index in [0.29, 0.717) is 25.3 Å². The average molecular weight is 275 g/mol. The Labute approximate surface area is 116 Å². The molecule has 0 saturated heterocycles. The van der Waals surface area contributed by atoms with Crippen LogP contribution in [0, 0.1) is 0 Å². The summed E-state index contributed by atoms with van der Waals surface area (Å²) in [5.41, 5.74) is 2.81. The predicted molar refractivity (Wildman–Crippen MR) is 71.3 cm³/mol. The van der Waals surface area contributed by atoms with Crippen LogP contribution < -0.4 is 0 Å². The number of rotatable bonds is 3. The number of ether oxygens (including phenoxy) is 1. The van der Waals surface area contributed by atoms with Crippen LogP contribution in [0.15, 0.2) is 29.2 Å². The van der Waals surface area contributed by atoms with Crippen LogP contribution in [0.1, 0.15) is 27.5 Å². The van der Waals surface area contributed by atoms with E-state index in [9.17, 15) is 4.79 Å². The first-order valence-electron chi connectivity index (χ1n) is 6.52. The molecule has 6 heteroatoms. The van der Waals surface area contributed by atoms with Crippen LogP contribution in [0.3, 0.4) is 0 Å². The summed E-state index contributed by atoms with van der Waals surface area (Å²) in [6, 6.07) is 1.69. The van der Waals surface area contributed by atoms with E-state index in [1.165, 1.54) is 12.5 Å². The molecule has 1 atom stereocenters. The zero-order valence-electron chi connectivity index (χ0n) is 11.6. The second kappa shape index (κ2) is 5.13. The largest absolute Gasteiger partial charge is 0.472 e. The molecule has 0 spiro atoms. The third-order valence-corrected chi connectivity index (χ3v) is 3.68. The summed E-state index contributed by atoms with van der Waals surface area (Å²) in [4.78, 5) is 14.2. The molecule has 0 saturated carbocycles. The number of nitrogens with zero attached hydrogens (tertiary/aromatic N) is 3. The molecular formula is C14H17N3O3. The van der Waals surface area contributed by atoms with Gasteiger partial charge in [-0.05, 0) is 6.07 Å². The summed E-state index contributed by atoms with van der Waals surface area (Å²) in [7, 11) is 3.60. The van der Waals surface area contributed by atoms with Crippen molar-refractivity contribution >= 4 is 5.91 Å². The molecule has 106 valence electrons. The van der Waals surface area contributed by atoms with Crippen molar-refractivity contribution in [2.24, 2.45) is 7.05 Å². The monoisotopic (exact) mass is 275 g/mol. The highest BCUT2D eigenvalue weighted by Crippen LogP contribution is 2.29. The quantitative estimate of drug-likeness (QED) is 0.849. The third-order valence-electron chi connectivity index (χ3n) is 3.68. The number of carbonyl (C=O) groups is 1. The first-order chi connectivity index (χ1) is 9.70. The minimum absolute atomic E-state index is 0.0191. The minimum atomic E-state index is -0.0191. The van der Waals surface area contributed by atoms with E-state index >= 15 is 0 Å². The zero-order chi connectivity index (χ0) is 14.1.